The number of aromatic nitrogens is 1. The summed E-state index contributed by atoms with van der Waals surface area (Å²) in [6.45, 7) is 0.124. The molecule has 0 aliphatic heterocycles. The highest BCUT2D eigenvalue weighted by Crippen LogP contribution is 2.12. The second kappa shape index (κ2) is 3.65. The van der Waals surface area contributed by atoms with Gasteiger partial charge in [0, 0.05) is 12.0 Å². The van der Waals surface area contributed by atoms with E-state index in [0.29, 0.717) is 6.42 Å². The van der Waals surface area contributed by atoms with Crippen LogP contribution in [0.3, 0.4) is 0 Å². The van der Waals surface area contributed by atoms with Crippen LogP contribution in [-0.4, -0.2) is 16.7 Å². The number of rotatable bonds is 3. The van der Waals surface area contributed by atoms with Crippen LogP contribution < -0.4 is 5.73 Å². The lowest BCUT2D eigenvalue weighted by Crippen LogP contribution is -2.11. The fourth-order valence-corrected chi connectivity index (χ4v) is 1.31. The van der Waals surface area contributed by atoms with E-state index >= 15 is 0 Å². The molecule has 1 heterocycles. The maximum Gasteiger partial charge on any atom is 0.0795 e. The lowest BCUT2D eigenvalue weighted by atomic mass is 10.2. The van der Waals surface area contributed by atoms with Gasteiger partial charge in [0.1, 0.15) is 0 Å². The van der Waals surface area contributed by atoms with Crippen molar-refractivity contribution in [2.75, 3.05) is 6.61 Å². The van der Waals surface area contributed by atoms with Gasteiger partial charge in [-0.15, -0.1) is 11.3 Å². The Morgan fingerprint density at radius 2 is 2.60 bits per heavy atom. The summed E-state index contributed by atoms with van der Waals surface area (Å²) in [4.78, 5) is 4.02. The molecule has 10 heavy (non-hydrogen) atoms. The van der Waals surface area contributed by atoms with Crippen molar-refractivity contribution in [3.05, 3.63) is 16.6 Å². The SMILES string of the molecule is N[C@H](CCO)c1cscn1. The standard InChI is InChI=1S/C6H10N2OS/c7-5(1-2-9)6-3-10-4-8-6/h3-5,9H,1-2,7H2/t5-/m1/s1. The average Bonchev–Trinajstić information content (AvgIpc) is 2.38. The van der Waals surface area contributed by atoms with Crippen LogP contribution in [0.5, 0.6) is 0 Å². The predicted octanol–water partition coefficient (Wildman–Crippen LogP) is 0.525. The minimum atomic E-state index is -0.101. The summed E-state index contributed by atoms with van der Waals surface area (Å²) >= 11 is 1.52. The molecule has 1 atom stereocenters. The van der Waals surface area contributed by atoms with Gasteiger partial charge in [0.15, 0.2) is 0 Å². The molecule has 1 aromatic rings. The lowest BCUT2D eigenvalue weighted by molar-refractivity contribution is 0.276. The molecule has 1 aromatic heterocycles. The van der Waals surface area contributed by atoms with Crippen molar-refractivity contribution in [2.24, 2.45) is 5.73 Å². The Morgan fingerprint density at radius 3 is 3.10 bits per heavy atom. The van der Waals surface area contributed by atoms with Crippen LogP contribution in [0, 0.1) is 0 Å². The van der Waals surface area contributed by atoms with Gasteiger partial charge in [-0.05, 0) is 6.42 Å². The molecule has 3 nitrogen and oxygen atoms in total. The zero-order chi connectivity index (χ0) is 7.40. The molecule has 0 saturated carbocycles. The summed E-state index contributed by atoms with van der Waals surface area (Å²) < 4.78 is 0. The smallest absolute Gasteiger partial charge is 0.0795 e. The van der Waals surface area contributed by atoms with Crippen LogP contribution in [-0.2, 0) is 0 Å². The van der Waals surface area contributed by atoms with Crippen molar-refractivity contribution in [2.45, 2.75) is 12.5 Å². The summed E-state index contributed by atoms with van der Waals surface area (Å²) in [5.41, 5.74) is 8.25. The molecule has 0 spiro atoms. The van der Waals surface area contributed by atoms with Crippen molar-refractivity contribution >= 4 is 11.3 Å². The molecule has 1 rings (SSSR count). The Hall–Kier alpha value is -0.450. The number of nitrogens with two attached hydrogens (primary N) is 1. The third-order valence-electron chi connectivity index (χ3n) is 1.27. The van der Waals surface area contributed by atoms with E-state index in [-0.39, 0.29) is 12.6 Å². The van der Waals surface area contributed by atoms with Crippen LogP contribution in [0.4, 0.5) is 0 Å². The number of hydrogen-bond acceptors (Lipinski definition) is 4. The Morgan fingerprint density at radius 1 is 1.80 bits per heavy atom. The van der Waals surface area contributed by atoms with Crippen molar-refractivity contribution in [3.8, 4) is 0 Å². The predicted molar refractivity (Wildman–Crippen MR) is 40.7 cm³/mol. The quantitative estimate of drug-likeness (QED) is 0.674. The van der Waals surface area contributed by atoms with Crippen molar-refractivity contribution in [3.63, 3.8) is 0 Å². The van der Waals surface area contributed by atoms with Gasteiger partial charge in [0.25, 0.3) is 0 Å². The highest BCUT2D eigenvalue weighted by Gasteiger charge is 2.05. The number of thiazole rings is 1. The van der Waals surface area contributed by atoms with E-state index in [9.17, 15) is 0 Å². The molecule has 0 radical (unpaired) electrons. The molecule has 0 bridgehead atoms. The van der Waals surface area contributed by atoms with Gasteiger partial charge in [-0.1, -0.05) is 0 Å². The first-order chi connectivity index (χ1) is 4.84. The second-order valence-corrected chi connectivity index (χ2v) is 2.75. The van der Waals surface area contributed by atoms with Gasteiger partial charge in [0.2, 0.25) is 0 Å². The molecule has 3 N–H and O–H groups in total. The fraction of sp³-hybridized carbons (Fsp3) is 0.500. The zero-order valence-electron chi connectivity index (χ0n) is 5.53. The third-order valence-corrected chi connectivity index (χ3v) is 1.88. The first kappa shape index (κ1) is 7.65. The van der Waals surface area contributed by atoms with E-state index in [1.807, 2.05) is 5.38 Å². The van der Waals surface area contributed by atoms with Gasteiger partial charge in [-0.25, -0.2) is 4.98 Å². The highest BCUT2D eigenvalue weighted by molar-refractivity contribution is 7.07. The molecule has 0 aromatic carbocycles. The Balaban J connectivity index is 2.50. The first-order valence-corrected chi connectivity index (χ1v) is 4.03. The molecule has 0 fully saturated rings. The van der Waals surface area contributed by atoms with E-state index in [0.717, 1.165) is 5.69 Å². The molecule has 0 unspecified atom stereocenters. The van der Waals surface area contributed by atoms with Gasteiger partial charge in [-0.2, -0.15) is 0 Å². The van der Waals surface area contributed by atoms with Gasteiger partial charge in [-0.3, -0.25) is 0 Å². The number of aliphatic hydroxyl groups is 1. The van der Waals surface area contributed by atoms with Gasteiger partial charge < -0.3 is 10.8 Å². The second-order valence-electron chi connectivity index (χ2n) is 2.03. The fourth-order valence-electron chi connectivity index (χ4n) is 0.692. The number of nitrogens with zero attached hydrogens (tertiary/aromatic N) is 1. The van der Waals surface area contributed by atoms with Crippen molar-refractivity contribution in [1.29, 1.82) is 0 Å². The molecule has 0 aliphatic rings. The average molecular weight is 158 g/mol. The van der Waals surface area contributed by atoms with Gasteiger partial charge in [0.05, 0.1) is 17.2 Å². The van der Waals surface area contributed by atoms with E-state index < -0.39 is 0 Å². The summed E-state index contributed by atoms with van der Waals surface area (Å²) in [7, 11) is 0. The third kappa shape index (κ3) is 1.76. The summed E-state index contributed by atoms with van der Waals surface area (Å²) in [6, 6.07) is -0.101. The zero-order valence-corrected chi connectivity index (χ0v) is 6.34. The maximum atomic E-state index is 8.53. The minimum Gasteiger partial charge on any atom is -0.396 e. The monoisotopic (exact) mass is 158 g/mol. The molecule has 4 heteroatoms. The largest absolute Gasteiger partial charge is 0.396 e. The maximum absolute atomic E-state index is 8.53. The summed E-state index contributed by atoms with van der Waals surface area (Å²) in [5, 5.41) is 10.4. The van der Waals surface area contributed by atoms with E-state index in [4.69, 9.17) is 10.8 Å². The molecule has 0 saturated heterocycles. The Bertz CT molecular complexity index is 176. The summed E-state index contributed by atoms with van der Waals surface area (Å²) in [5.74, 6) is 0. The van der Waals surface area contributed by atoms with E-state index in [2.05, 4.69) is 4.98 Å². The molecular weight excluding hydrogens is 148 g/mol. The Labute approximate surface area is 63.5 Å². The normalized spacial score (nSPS) is 13.4. The molecule has 56 valence electrons. The Kier molecular flexibility index (Phi) is 2.80. The molecule has 0 amide bonds. The first-order valence-electron chi connectivity index (χ1n) is 3.09. The van der Waals surface area contributed by atoms with Crippen LogP contribution >= 0.6 is 11.3 Å². The highest BCUT2D eigenvalue weighted by atomic mass is 32.1. The molecular formula is C6H10N2OS. The van der Waals surface area contributed by atoms with Crippen molar-refractivity contribution in [1.82, 2.24) is 4.98 Å². The van der Waals surface area contributed by atoms with Crippen LogP contribution in [0.2, 0.25) is 0 Å². The van der Waals surface area contributed by atoms with Crippen LogP contribution in [0.15, 0.2) is 10.9 Å². The lowest BCUT2D eigenvalue weighted by Gasteiger charge is -2.04. The number of aliphatic hydroxyl groups excluding tert-OH is 1. The van der Waals surface area contributed by atoms with Crippen LogP contribution in [0.25, 0.3) is 0 Å². The minimum absolute atomic E-state index is 0.101. The van der Waals surface area contributed by atoms with Crippen LogP contribution in [0.1, 0.15) is 18.2 Å². The summed E-state index contributed by atoms with van der Waals surface area (Å²) in [6.07, 6.45) is 0.587. The number of hydrogen-bond donors (Lipinski definition) is 2. The molecule has 0 aliphatic carbocycles. The van der Waals surface area contributed by atoms with E-state index in [1.54, 1.807) is 5.51 Å². The van der Waals surface area contributed by atoms with E-state index in [1.165, 1.54) is 11.3 Å². The topological polar surface area (TPSA) is 59.1 Å². The van der Waals surface area contributed by atoms with Crippen molar-refractivity contribution < 1.29 is 5.11 Å². The van der Waals surface area contributed by atoms with Gasteiger partial charge >= 0.3 is 0 Å².